The van der Waals surface area contributed by atoms with Crippen molar-refractivity contribution in [2.45, 2.75) is 64.7 Å². The number of nitrogens with one attached hydrogen (secondary N) is 1. The largest absolute Gasteiger partial charge is 0.488 e. The highest BCUT2D eigenvalue weighted by Crippen LogP contribution is 2.62. The van der Waals surface area contributed by atoms with Crippen LogP contribution in [-0.2, 0) is 16.0 Å². The molecule has 1 amide bonds. The lowest BCUT2D eigenvalue weighted by Gasteiger charge is -2.50. The van der Waals surface area contributed by atoms with Crippen molar-refractivity contribution < 1.29 is 19.6 Å². The molecule has 8 heteroatoms. The van der Waals surface area contributed by atoms with Gasteiger partial charge in [-0.05, 0) is 79.3 Å². The number of Topliss-reactive ketones (excluding diaryl/α,β-unsaturated/α-hetero) is 1. The first-order valence-corrected chi connectivity index (χ1v) is 12.8. The number of rotatable bonds is 5. The van der Waals surface area contributed by atoms with E-state index in [4.69, 9.17) is 0 Å². The fourth-order valence-electron chi connectivity index (χ4n) is 7.00. The Bertz CT molecular complexity index is 1090. The van der Waals surface area contributed by atoms with Crippen LogP contribution < -0.4 is 10.8 Å². The molecule has 0 radical (unpaired) electrons. The summed E-state index contributed by atoms with van der Waals surface area (Å²) in [6.07, 6.45) is 7.27. The van der Waals surface area contributed by atoms with Gasteiger partial charge in [-0.25, -0.2) is 4.98 Å². The van der Waals surface area contributed by atoms with Crippen molar-refractivity contribution >= 4 is 40.7 Å². The summed E-state index contributed by atoms with van der Waals surface area (Å²) in [5.74, 6) is 1.71. The fraction of sp³-hybridized carbons (Fsp3) is 0.560. The third-order valence-electron chi connectivity index (χ3n) is 8.50. The van der Waals surface area contributed by atoms with Crippen molar-refractivity contribution in [3.05, 3.63) is 40.4 Å². The summed E-state index contributed by atoms with van der Waals surface area (Å²) in [7, 11) is -1.45. The first-order chi connectivity index (χ1) is 15.8. The Labute approximate surface area is 199 Å². The lowest BCUT2D eigenvalue weighted by Crippen LogP contribution is -2.44. The number of carbonyl (C=O) groups is 2. The van der Waals surface area contributed by atoms with E-state index in [0.717, 1.165) is 37.0 Å². The second-order valence-electron chi connectivity index (χ2n) is 10.4. The number of ketones is 1. The van der Waals surface area contributed by atoms with Gasteiger partial charge in [-0.15, -0.1) is 11.3 Å². The molecule has 2 saturated carbocycles. The molecule has 3 aliphatic rings. The van der Waals surface area contributed by atoms with Crippen LogP contribution in [0.2, 0.25) is 0 Å². The van der Waals surface area contributed by atoms with Crippen LogP contribution in [0.1, 0.15) is 67.4 Å². The summed E-state index contributed by atoms with van der Waals surface area (Å²) in [6, 6.07) is 5.83. The number of aromatic nitrogens is 1. The predicted molar refractivity (Wildman–Crippen MR) is 129 cm³/mol. The third kappa shape index (κ3) is 4.06. The minimum atomic E-state index is -1.45. The van der Waals surface area contributed by atoms with Gasteiger partial charge in [-0.2, -0.15) is 0 Å². The molecule has 1 aromatic carbocycles. The molecule has 5 atom stereocenters. The average Bonchev–Trinajstić information content (AvgIpc) is 3.31. The molecule has 0 aliphatic heterocycles. The Balaban J connectivity index is 1.33. The summed E-state index contributed by atoms with van der Waals surface area (Å²) >= 11 is 1.47. The highest BCUT2D eigenvalue weighted by atomic mass is 32.1. The topological polar surface area (TPSA) is 99.5 Å². The van der Waals surface area contributed by atoms with Crippen molar-refractivity contribution in [1.29, 1.82) is 0 Å². The normalized spacial score (nSPS) is 30.4. The minimum Gasteiger partial charge on any atom is -0.423 e. The fourth-order valence-corrected chi connectivity index (χ4v) is 7.68. The van der Waals surface area contributed by atoms with Crippen LogP contribution in [0.4, 0.5) is 5.13 Å². The summed E-state index contributed by atoms with van der Waals surface area (Å²) in [5.41, 5.74) is 2.79. The van der Waals surface area contributed by atoms with Crippen LogP contribution in [0, 0.1) is 30.1 Å². The maximum absolute atomic E-state index is 13.2. The number of hydrogen-bond acceptors (Lipinski definition) is 6. The summed E-state index contributed by atoms with van der Waals surface area (Å²) in [6.45, 7) is 4.13. The molecule has 0 spiro atoms. The minimum absolute atomic E-state index is 0.0261. The Kier molecular flexibility index (Phi) is 5.96. The Morgan fingerprint density at radius 3 is 2.88 bits per heavy atom. The molecule has 6 nitrogen and oxygen atoms in total. The van der Waals surface area contributed by atoms with E-state index in [1.165, 1.54) is 22.5 Å². The van der Waals surface area contributed by atoms with Gasteiger partial charge in [-0.1, -0.05) is 25.1 Å². The van der Waals surface area contributed by atoms with Crippen LogP contribution in [0.15, 0.2) is 24.4 Å². The van der Waals surface area contributed by atoms with Gasteiger partial charge in [0, 0.05) is 29.3 Å². The van der Waals surface area contributed by atoms with Gasteiger partial charge < -0.3 is 15.4 Å². The lowest BCUT2D eigenvalue weighted by molar-refractivity contribution is -0.129. The number of hydrogen-bond donors (Lipinski definition) is 3. The number of thiazole rings is 1. The standard InChI is InChI=1S/C25H31BN2O4S/c1-14-13-27-24(33-14)28-22(30)8-4-16-12-21(29)25(2)10-9-19-18-7-5-17(26(31)32)11-15(18)3-6-20(19)23(16)25/h5,7,11,13,16,19-20,23,31-32H,3-4,6,8-10,12H2,1-2H3,(H,27,28,30)/t16-,19-,20-,23+,25-/m1/s1. The Morgan fingerprint density at radius 1 is 1.33 bits per heavy atom. The van der Waals surface area contributed by atoms with Crippen LogP contribution in [0.25, 0.3) is 0 Å². The number of fused-ring (bicyclic) bond motifs is 5. The molecule has 3 aliphatic carbocycles. The van der Waals surface area contributed by atoms with Gasteiger partial charge >= 0.3 is 7.12 Å². The smallest absolute Gasteiger partial charge is 0.423 e. The summed E-state index contributed by atoms with van der Waals surface area (Å²) < 4.78 is 0. The van der Waals surface area contributed by atoms with E-state index in [-0.39, 0.29) is 17.2 Å². The molecule has 33 heavy (non-hydrogen) atoms. The SMILES string of the molecule is Cc1cnc(NC(=O)CC[C@@H]2CC(=O)[C@@]3(C)CC[C@@H]4c5ccc(B(O)O)cc5CC[C@H]4[C@H]23)s1. The van der Waals surface area contributed by atoms with Crippen LogP contribution in [0.5, 0.6) is 0 Å². The van der Waals surface area contributed by atoms with Gasteiger partial charge in [0.2, 0.25) is 5.91 Å². The van der Waals surface area contributed by atoms with Gasteiger partial charge in [-0.3, -0.25) is 9.59 Å². The Morgan fingerprint density at radius 2 is 2.15 bits per heavy atom. The van der Waals surface area contributed by atoms with Crippen LogP contribution in [-0.4, -0.2) is 33.8 Å². The first-order valence-electron chi connectivity index (χ1n) is 12.0. The van der Waals surface area contributed by atoms with E-state index in [1.807, 2.05) is 19.1 Å². The summed E-state index contributed by atoms with van der Waals surface area (Å²) in [5, 5.41) is 22.7. The van der Waals surface area contributed by atoms with Gasteiger partial charge in [0.1, 0.15) is 5.78 Å². The number of nitrogens with zero attached hydrogens (tertiary/aromatic N) is 1. The molecule has 2 aromatic rings. The molecule has 2 fully saturated rings. The lowest BCUT2D eigenvalue weighted by atomic mass is 9.53. The molecule has 5 rings (SSSR count). The number of aryl methyl sites for hydroxylation is 2. The van der Waals surface area contributed by atoms with Crippen molar-refractivity contribution in [3.8, 4) is 0 Å². The van der Waals surface area contributed by atoms with E-state index in [9.17, 15) is 19.6 Å². The van der Waals surface area contributed by atoms with E-state index in [1.54, 1.807) is 6.20 Å². The third-order valence-corrected chi connectivity index (χ3v) is 9.33. The maximum Gasteiger partial charge on any atom is 0.488 e. The van der Waals surface area contributed by atoms with Crippen molar-refractivity contribution in [1.82, 2.24) is 4.98 Å². The van der Waals surface area contributed by atoms with E-state index in [0.29, 0.717) is 47.0 Å². The molecule has 1 heterocycles. The number of amides is 1. The quantitative estimate of drug-likeness (QED) is 0.588. The maximum atomic E-state index is 13.2. The zero-order valence-corrected chi connectivity index (χ0v) is 20.0. The van der Waals surface area contributed by atoms with Crippen LogP contribution in [0.3, 0.4) is 0 Å². The van der Waals surface area contributed by atoms with Gasteiger partial charge in [0.15, 0.2) is 5.13 Å². The van der Waals surface area contributed by atoms with Gasteiger partial charge in [0.25, 0.3) is 0 Å². The molecular weight excluding hydrogens is 435 g/mol. The first kappa shape index (κ1) is 22.8. The molecule has 1 aromatic heterocycles. The highest BCUT2D eigenvalue weighted by Gasteiger charge is 2.58. The molecule has 0 unspecified atom stereocenters. The second kappa shape index (κ2) is 8.64. The molecule has 3 N–H and O–H groups in total. The molecule has 0 saturated heterocycles. The van der Waals surface area contributed by atoms with Crippen molar-refractivity contribution in [2.24, 2.45) is 23.2 Å². The zero-order valence-electron chi connectivity index (χ0n) is 19.2. The van der Waals surface area contributed by atoms with Crippen LogP contribution >= 0.6 is 11.3 Å². The highest BCUT2D eigenvalue weighted by molar-refractivity contribution is 7.15. The predicted octanol–water partition coefficient (Wildman–Crippen LogP) is 3.20. The second-order valence-corrected chi connectivity index (χ2v) is 11.6. The van der Waals surface area contributed by atoms with E-state index < -0.39 is 7.12 Å². The van der Waals surface area contributed by atoms with Gasteiger partial charge in [0.05, 0.1) is 0 Å². The molecular formula is C25H31BN2O4S. The van der Waals surface area contributed by atoms with Crippen molar-refractivity contribution in [3.63, 3.8) is 0 Å². The zero-order chi connectivity index (χ0) is 23.3. The monoisotopic (exact) mass is 466 g/mol. The van der Waals surface area contributed by atoms with Crippen molar-refractivity contribution in [2.75, 3.05) is 5.32 Å². The number of carbonyl (C=O) groups excluding carboxylic acids is 2. The number of anilines is 1. The Hall–Kier alpha value is -2.03. The molecule has 174 valence electrons. The molecule has 0 bridgehead atoms. The van der Waals surface area contributed by atoms with E-state index in [2.05, 4.69) is 23.3 Å². The number of benzene rings is 1. The van der Waals surface area contributed by atoms with E-state index >= 15 is 0 Å². The summed E-state index contributed by atoms with van der Waals surface area (Å²) in [4.78, 5) is 31.0. The average molecular weight is 466 g/mol.